The van der Waals surface area contributed by atoms with E-state index in [1.165, 1.54) is 244 Å². The van der Waals surface area contributed by atoms with Crippen LogP contribution in [0.25, 0.3) is 0 Å². The third kappa shape index (κ3) is 49.6. The fourth-order valence-electron chi connectivity index (χ4n) is 11.6. The second-order valence-electron chi connectivity index (χ2n) is 25.6. The number of hydrogen-bond donors (Lipinski definition) is 8. The Balaban J connectivity index is 2.22. The Morgan fingerprint density at radius 2 is 0.733 bits per heavy atom. The number of amides is 1. The first-order valence-corrected chi connectivity index (χ1v) is 36.7. The summed E-state index contributed by atoms with van der Waals surface area (Å²) in [5.41, 5.74) is 0. The summed E-state index contributed by atoms with van der Waals surface area (Å²) in [4.78, 5) is 13.3. The third-order valence-electron chi connectivity index (χ3n) is 17.5. The van der Waals surface area contributed by atoms with E-state index >= 15 is 0 Å². The van der Waals surface area contributed by atoms with Gasteiger partial charge in [-0.25, -0.2) is 0 Å². The number of aliphatic hydroxyl groups is 7. The minimum atomic E-state index is -1.68. The van der Waals surface area contributed by atoms with Crippen molar-refractivity contribution >= 4 is 5.91 Å². The van der Waals surface area contributed by atoms with E-state index in [1.54, 1.807) is 0 Å². The summed E-state index contributed by atoms with van der Waals surface area (Å²) >= 11 is 0. The summed E-state index contributed by atoms with van der Waals surface area (Å²) in [7, 11) is 0. The van der Waals surface area contributed by atoms with E-state index in [4.69, 9.17) is 9.47 Å². The quantitative estimate of drug-likeness (QED) is 0.0215. The molecule has 0 aromatic heterocycles. The van der Waals surface area contributed by atoms with E-state index in [-0.39, 0.29) is 12.8 Å². The Morgan fingerprint density at radius 1 is 0.407 bits per heavy atom. The zero-order valence-corrected chi connectivity index (χ0v) is 55.8. The molecule has 0 radical (unpaired) electrons. The summed E-state index contributed by atoms with van der Waals surface area (Å²) in [6, 6.07) is -1.20. The highest BCUT2D eigenvalue weighted by Gasteiger charge is 2.44. The van der Waals surface area contributed by atoms with Crippen LogP contribution in [-0.4, -0.2) is 110 Å². The lowest BCUT2D eigenvalue weighted by Crippen LogP contribution is -2.60. The molecule has 11 heteroatoms. The minimum absolute atomic E-state index is 0.240. The molecule has 1 fully saturated rings. The van der Waals surface area contributed by atoms with Crippen LogP contribution >= 0.6 is 0 Å². The van der Waals surface area contributed by atoms with Gasteiger partial charge in [-0.15, -0.1) is 0 Å². The van der Waals surface area contributed by atoms with Gasteiger partial charge in [0.2, 0.25) is 5.91 Å². The molecule has 0 aliphatic carbocycles. The van der Waals surface area contributed by atoms with Gasteiger partial charge in [-0.05, 0) is 96.3 Å². The molecule has 11 nitrogen and oxygen atoms in total. The van der Waals surface area contributed by atoms with Crippen LogP contribution in [0, 0.1) is 0 Å². The first-order valence-electron chi connectivity index (χ1n) is 36.7. The van der Waals surface area contributed by atoms with Crippen LogP contribution in [-0.2, 0) is 14.3 Å². The maximum Gasteiger partial charge on any atom is 0.249 e. The molecule has 0 spiro atoms. The predicted octanol–water partition coefficient (Wildman–Crippen LogP) is 18.1. The summed E-state index contributed by atoms with van der Waals surface area (Å²) < 4.78 is 11.2. The van der Waals surface area contributed by atoms with Crippen molar-refractivity contribution in [3.8, 4) is 0 Å². The van der Waals surface area contributed by atoms with Gasteiger partial charge in [-0.2, -0.15) is 0 Å². The first kappa shape index (κ1) is 81.8. The zero-order valence-electron chi connectivity index (χ0n) is 55.8. The molecule has 9 unspecified atom stereocenters. The molecular weight excluding hydrogens is 1070 g/mol. The standard InChI is InChI=1S/C75H139NO10/c1-3-5-7-9-11-13-15-17-19-21-23-25-27-29-31-32-33-34-35-37-39-41-43-45-47-49-51-53-55-57-59-61-63-68(79)74(84)76-66(65-85-75-73(83)72(82)71(81)69(64-77)86-75)70(80)67(78)62-60-58-56-54-52-50-48-46-44-42-40-38-36-30-28-26-24-22-20-18-16-14-12-10-8-6-4-2/h23,25,29,31,38,40,46,48,54,56,66-73,75,77-83H,3-22,24,26-28,30,32-37,39,41-45,47,49-53,55,57-65H2,1-2H3,(H,76,84)/b25-23-,31-29-,40-38+,48-46+,56-54+. The molecular formula is C75H139NO10. The molecule has 1 saturated heterocycles. The highest BCUT2D eigenvalue weighted by molar-refractivity contribution is 5.80. The van der Waals surface area contributed by atoms with E-state index in [0.29, 0.717) is 19.3 Å². The van der Waals surface area contributed by atoms with Crippen LogP contribution in [0.2, 0.25) is 0 Å². The van der Waals surface area contributed by atoms with Crippen molar-refractivity contribution < 1.29 is 50.0 Å². The molecule has 1 aliphatic heterocycles. The van der Waals surface area contributed by atoms with Crippen LogP contribution in [0.4, 0.5) is 0 Å². The van der Waals surface area contributed by atoms with Gasteiger partial charge in [0.25, 0.3) is 0 Å². The number of hydrogen-bond acceptors (Lipinski definition) is 10. The van der Waals surface area contributed by atoms with Gasteiger partial charge in [0.1, 0.15) is 36.6 Å². The van der Waals surface area contributed by atoms with Gasteiger partial charge in [-0.3, -0.25) is 4.79 Å². The molecule has 1 amide bonds. The molecule has 86 heavy (non-hydrogen) atoms. The van der Waals surface area contributed by atoms with E-state index in [0.717, 1.165) is 51.4 Å². The average molecular weight is 1210 g/mol. The Bertz CT molecular complexity index is 1580. The number of allylic oxidation sites excluding steroid dienone is 10. The lowest BCUT2D eigenvalue weighted by atomic mass is 9.98. The highest BCUT2D eigenvalue weighted by atomic mass is 16.7. The second-order valence-corrected chi connectivity index (χ2v) is 25.6. The van der Waals surface area contributed by atoms with E-state index < -0.39 is 74.2 Å². The topological polar surface area (TPSA) is 189 Å². The number of nitrogens with one attached hydrogen (secondary N) is 1. The first-order chi connectivity index (χ1) is 42.2. The predicted molar refractivity (Wildman–Crippen MR) is 362 cm³/mol. The SMILES string of the molecule is CCCCCCCCCCC/C=C\C/C=C\CCCCCCCCCCCCCCCCCCC(O)C(=O)NC(COC1OC(CO)C(O)C(O)C1O)C(O)C(O)CCC/C=C/CC/C=C/CC/C=C/CCCCCCCCCCCCCCCC. The maximum atomic E-state index is 13.3. The van der Waals surface area contributed by atoms with Crippen molar-refractivity contribution in [1.82, 2.24) is 5.32 Å². The maximum absolute atomic E-state index is 13.3. The second kappa shape index (κ2) is 63.0. The highest BCUT2D eigenvalue weighted by Crippen LogP contribution is 2.24. The zero-order chi connectivity index (χ0) is 62.4. The number of carbonyl (C=O) groups excluding carboxylic acids is 1. The van der Waals surface area contributed by atoms with Crippen molar-refractivity contribution in [2.75, 3.05) is 13.2 Å². The molecule has 0 aromatic rings. The van der Waals surface area contributed by atoms with Crippen molar-refractivity contribution in [1.29, 1.82) is 0 Å². The van der Waals surface area contributed by atoms with Gasteiger partial charge in [0.05, 0.1) is 25.4 Å². The normalized spacial score (nSPS) is 19.1. The number of unbranched alkanes of at least 4 members (excludes halogenated alkanes) is 42. The minimum Gasteiger partial charge on any atom is -0.394 e. The fraction of sp³-hybridized carbons (Fsp3) is 0.853. The van der Waals surface area contributed by atoms with Gasteiger partial charge in [-0.1, -0.05) is 306 Å². The third-order valence-corrected chi connectivity index (χ3v) is 17.5. The van der Waals surface area contributed by atoms with Crippen molar-refractivity contribution in [3.63, 3.8) is 0 Å². The fourth-order valence-corrected chi connectivity index (χ4v) is 11.6. The van der Waals surface area contributed by atoms with Crippen LogP contribution in [0.15, 0.2) is 60.8 Å². The summed E-state index contributed by atoms with van der Waals surface area (Å²) in [6.45, 7) is 3.48. The van der Waals surface area contributed by atoms with Gasteiger partial charge >= 0.3 is 0 Å². The molecule has 9 atom stereocenters. The summed E-state index contributed by atoms with van der Waals surface area (Å²) in [5.74, 6) is -0.709. The molecule has 1 rings (SSSR count). The van der Waals surface area contributed by atoms with Crippen LogP contribution in [0.1, 0.15) is 341 Å². The van der Waals surface area contributed by atoms with Crippen LogP contribution < -0.4 is 5.32 Å². The molecule has 8 N–H and O–H groups in total. The molecule has 0 aromatic carbocycles. The monoisotopic (exact) mass is 1210 g/mol. The van der Waals surface area contributed by atoms with Crippen LogP contribution in [0.3, 0.4) is 0 Å². The lowest BCUT2D eigenvalue weighted by Gasteiger charge is -2.40. The summed E-state index contributed by atoms with van der Waals surface area (Å²) in [6.07, 6.45) is 73.1. The molecule has 1 heterocycles. The Hall–Kier alpha value is -2.19. The number of ether oxygens (including phenoxy) is 2. The van der Waals surface area contributed by atoms with Gasteiger partial charge in [0.15, 0.2) is 6.29 Å². The molecule has 0 saturated carbocycles. The lowest BCUT2D eigenvalue weighted by molar-refractivity contribution is -0.303. The van der Waals surface area contributed by atoms with E-state index in [1.807, 2.05) is 0 Å². The van der Waals surface area contributed by atoms with Gasteiger partial charge in [0, 0.05) is 0 Å². The Labute approximate surface area is 529 Å². The molecule has 1 aliphatic rings. The van der Waals surface area contributed by atoms with E-state index in [9.17, 15) is 40.5 Å². The average Bonchev–Trinajstić information content (AvgIpc) is 2.54. The van der Waals surface area contributed by atoms with E-state index in [2.05, 4.69) is 79.9 Å². The van der Waals surface area contributed by atoms with Crippen LogP contribution in [0.5, 0.6) is 0 Å². The molecule has 0 bridgehead atoms. The summed E-state index contributed by atoms with van der Waals surface area (Å²) in [5, 5.41) is 76.5. The largest absolute Gasteiger partial charge is 0.394 e. The number of rotatable bonds is 64. The van der Waals surface area contributed by atoms with Crippen molar-refractivity contribution in [2.45, 2.75) is 396 Å². The smallest absolute Gasteiger partial charge is 0.249 e. The Kier molecular flexibility index (Phi) is 59.9. The number of aliphatic hydroxyl groups excluding tert-OH is 7. The van der Waals surface area contributed by atoms with Gasteiger partial charge < -0.3 is 50.5 Å². The Morgan fingerprint density at radius 3 is 1.10 bits per heavy atom. The molecule has 504 valence electrons. The number of carbonyl (C=O) groups is 1. The van der Waals surface area contributed by atoms with Crippen molar-refractivity contribution in [3.05, 3.63) is 60.8 Å². The van der Waals surface area contributed by atoms with Crippen molar-refractivity contribution in [2.24, 2.45) is 0 Å².